The fourth-order valence-corrected chi connectivity index (χ4v) is 1.20. The Bertz CT molecular complexity index is 505. The van der Waals surface area contributed by atoms with Gasteiger partial charge in [0.05, 0.1) is 16.8 Å². The first-order valence-corrected chi connectivity index (χ1v) is 4.51. The molecule has 2 aromatic heterocycles. The van der Waals surface area contributed by atoms with Crippen LogP contribution in [0.4, 0.5) is 17.2 Å². The van der Waals surface area contributed by atoms with Gasteiger partial charge in [0.15, 0.2) is 0 Å². The Kier molecular flexibility index (Phi) is 2.50. The summed E-state index contributed by atoms with van der Waals surface area (Å²) in [6.45, 7) is 0. The molecule has 0 fully saturated rings. The minimum absolute atomic E-state index is 0.0308. The van der Waals surface area contributed by atoms with Gasteiger partial charge in [-0.25, -0.2) is 4.98 Å². The second-order valence-corrected chi connectivity index (χ2v) is 3.19. The molecule has 7 heteroatoms. The second kappa shape index (κ2) is 3.97. The van der Waals surface area contributed by atoms with Crippen LogP contribution >= 0.6 is 0 Å². The summed E-state index contributed by atoms with van der Waals surface area (Å²) in [6.07, 6.45) is 4.63. The first-order chi connectivity index (χ1) is 7.65. The van der Waals surface area contributed by atoms with Crippen LogP contribution in [0.25, 0.3) is 0 Å². The maximum Gasteiger partial charge on any atom is 0.287 e. The van der Waals surface area contributed by atoms with Gasteiger partial charge in [-0.3, -0.25) is 14.8 Å². The highest BCUT2D eigenvalue weighted by molar-refractivity contribution is 5.54. The summed E-state index contributed by atoms with van der Waals surface area (Å²) in [6, 6.07) is 2.94. The van der Waals surface area contributed by atoms with Crippen LogP contribution in [-0.2, 0) is 7.05 Å². The molecular weight excluding hydrogens is 210 g/mol. The van der Waals surface area contributed by atoms with Gasteiger partial charge in [-0.05, 0) is 6.07 Å². The zero-order chi connectivity index (χ0) is 11.5. The van der Waals surface area contributed by atoms with E-state index >= 15 is 0 Å². The molecule has 82 valence electrons. The summed E-state index contributed by atoms with van der Waals surface area (Å²) in [5.74, 6) is 0.540. The van der Waals surface area contributed by atoms with Crippen molar-refractivity contribution in [2.75, 3.05) is 5.32 Å². The van der Waals surface area contributed by atoms with E-state index in [0.717, 1.165) is 5.69 Å². The van der Waals surface area contributed by atoms with Crippen molar-refractivity contribution in [3.05, 3.63) is 40.8 Å². The smallest absolute Gasteiger partial charge is 0.287 e. The van der Waals surface area contributed by atoms with Crippen LogP contribution in [0, 0.1) is 10.1 Å². The summed E-state index contributed by atoms with van der Waals surface area (Å²) < 4.78 is 1.65. The van der Waals surface area contributed by atoms with Gasteiger partial charge < -0.3 is 5.32 Å². The number of nitro groups is 1. The molecule has 0 spiro atoms. The molecule has 0 unspecified atom stereocenters. The van der Waals surface area contributed by atoms with Crippen molar-refractivity contribution >= 4 is 17.2 Å². The molecule has 1 N–H and O–H groups in total. The van der Waals surface area contributed by atoms with Crippen molar-refractivity contribution in [1.82, 2.24) is 14.8 Å². The van der Waals surface area contributed by atoms with Crippen molar-refractivity contribution in [2.24, 2.45) is 7.05 Å². The van der Waals surface area contributed by atoms with Crippen LogP contribution in [0.3, 0.4) is 0 Å². The first kappa shape index (κ1) is 10.1. The monoisotopic (exact) mass is 219 g/mol. The molecule has 2 heterocycles. The summed E-state index contributed by atoms with van der Waals surface area (Å²) >= 11 is 0. The predicted octanol–water partition coefficient (Wildman–Crippen LogP) is 1.47. The summed E-state index contributed by atoms with van der Waals surface area (Å²) in [4.78, 5) is 13.8. The van der Waals surface area contributed by atoms with Crippen LogP contribution in [0.2, 0.25) is 0 Å². The quantitative estimate of drug-likeness (QED) is 0.624. The molecule has 0 aliphatic heterocycles. The number of nitrogens with one attached hydrogen (secondary N) is 1. The molecule has 7 nitrogen and oxygen atoms in total. The van der Waals surface area contributed by atoms with Crippen LogP contribution in [-0.4, -0.2) is 19.7 Å². The van der Waals surface area contributed by atoms with Crippen LogP contribution in [0.5, 0.6) is 0 Å². The molecule has 0 saturated carbocycles. The highest BCUT2D eigenvalue weighted by Gasteiger charge is 2.05. The number of hydrogen-bond acceptors (Lipinski definition) is 5. The fourth-order valence-electron chi connectivity index (χ4n) is 1.20. The standard InChI is InChI=1S/C9H9N5O2/c1-13-6-7(4-11-13)12-9-3-2-8(5-10-9)14(15)16/h2-6H,1H3,(H,10,12). The minimum Gasteiger partial charge on any atom is -0.338 e. The number of rotatable bonds is 3. The SMILES string of the molecule is Cn1cc(Nc2ccc([N+](=O)[O-])cn2)cn1. The molecule has 2 rings (SSSR count). The predicted molar refractivity (Wildman–Crippen MR) is 57.4 cm³/mol. The van der Waals surface area contributed by atoms with Crippen LogP contribution in [0.15, 0.2) is 30.7 Å². The van der Waals surface area contributed by atoms with E-state index in [1.807, 2.05) is 0 Å². The molecule has 0 saturated heterocycles. The normalized spacial score (nSPS) is 10.1. The first-order valence-electron chi connectivity index (χ1n) is 4.51. The molecule has 2 aromatic rings. The third-order valence-corrected chi connectivity index (χ3v) is 1.94. The molecule has 0 atom stereocenters. The van der Waals surface area contributed by atoms with Crippen LogP contribution in [0.1, 0.15) is 0 Å². The minimum atomic E-state index is -0.485. The van der Waals surface area contributed by atoms with Crippen molar-refractivity contribution in [1.29, 1.82) is 0 Å². The number of anilines is 2. The average molecular weight is 219 g/mol. The lowest BCUT2D eigenvalue weighted by atomic mass is 10.4. The van der Waals surface area contributed by atoms with Crippen molar-refractivity contribution in [2.45, 2.75) is 0 Å². The number of pyridine rings is 1. The Labute approximate surface area is 90.9 Å². The Hall–Kier alpha value is -2.44. The largest absolute Gasteiger partial charge is 0.338 e. The summed E-state index contributed by atoms with van der Waals surface area (Å²) in [5.41, 5.74) is 0.751. The Morgan fingerprint density at radius 2 is 2.25 bits per heavy atom. The molecule has 0 aromatic carbocycles. The van der Waals surface area contributed by atoms with E-state index in [1.165, 1.54) is 12.3 Å². The van der Waals surface area contributed by atoms with E-state index in [4.69, 9.17) is 0 Å². The number of aryl methyl sites for hydroxylation is 1. The molecule has 0 bridgehead atoms. The summed E-state index contributed by atoms with van der Waals surface area (Å²) in [5, 5.41) is 17.4. The number of aromatic nitrogens is 3. The fraction of sp³-hybridized carbons (Fsp3) is 0.111. The van der Waals surface area contributed by atoms with E-state index < -0.39 is 4.92 Å². The molecule has 0 radical (unpaired) electrons. The third-order valence-electron chi connectivity index (χ3n) is 1.94. The van der Waals surface area contributed by atoms with Gasteiger partial charge in [0.2, 0.25) is 0 Å². The van der Waals surface area contributed by atoms with E-state index in [1.54, 1.807) is 30.2 Å². The Balaban J connectivity index is 2.14. The van der Waals surface area contributed by atoms with Crippen molar-refractivity contribution < 1.29 is 4.92 Å². The highest BCUT2D eigenvalue weighted by atomic mass is 16.6. The third kappa shape index (κ3) is 2.14. The van der Waals surface area contributed by atoms with Gasteiger partial charge in [0.25, 0.3) is 5.69 Å². The number of hydrogen-bond donors (Lipinski definition) is 1. The molecular formula is C9H9N5O2. The lowest BCUT2D eigenvalue weighted by molar-refractivity contribution is -0.385. The lowest BCUT2D eigenvalue weighted by Crippen LogP contribution is -1.94. The number of nitrogens with zero attached hydrogens (tertiary/aromatic N) is 4. The molecule has 0 aliphatic carbocycles. The molecule has 0 amide bonds. The zero-order valence-corrected chi connectivity index (χ0v) is 8.49. The second-order valence-electron chi connectivity index (χ2n) is 3.19. The Morgan fingerprint density at radius 1 is 1.44 bits per heavy atom. The van der Waals surface area contributed by atoms with E-state index in [0.29, 0.717) is 5.82 Å². The van der Waals surface area contributed by atoms with E-state index in [9.17, 15) is 10.1 Å². The van der Waals surface area contributed by atoms with Crippen LogP contribution < -0.4 is 5.32 Å². The summed E-state index contributed by atoms with van der Waals surface area (Å²) in [7, 11) is 1.80. The van der Waals surface area contributed by atoms with E-state index in [-0.39, 0.29) is 5.69 Å². The maximum absolute atomic E-state index is 10.4. The molecule has 16 heavy (non-hydrogen) atoms. The molecule has 0 aliphatic rings. The van der Waals surface area contributed by atoms with Gasteiger partial charge in [0, 0.05) is 19.3 Å². The van der Waals surface area contributed by atoms with Crippen molar-refractivity contribution in [3.8, 4) is 0 Å². The lowest BCUT2D eigenvalue weighted by Gasteiger charge is -2.00. The van der Waals surface area contributed by atoms with Gasteiger partial charge in [-0.1, -0.05) is 0 Å². The Morgan fingerprint density at radius 3 is 2.75 bits per heavy atom. The van der Waals surface area contributed by atoms with Gasteiger partial charge in [-0.15, -0.1) is 0 Å². The topological polar surface area (TPSA) is 85.9 Å². The highest BCUT2D eigenvalue weighted by Crippen LogP contribution is 2.16. The zero-order valence-electron chi connectivity index (χ0n) is 8.49. The van der Waals surface area contributed by atoms with Gasteiger partial charge in [0.1, 0.15) is 12.0 Å². The van der Waals surface area contributed by atoms with Gasteiger partial charge in [-0.2, -0.15) is 5.10 Å². The van der Waals surface area contributed by atoms with Crippen molar-refractivity contribution in [3.63, 3.8) is 0 Å². The maximum atomic E-state index is 10.4. The average Bonchev–Trinajstić information content (AvgIpc) is 2.65. The van der Waals surface area contributed by atoms with E-state index in [2.05, 4.69) is 15.4 Å². The van der Waals surface area contributed by atoms with Gasteiger partial charge >= 0.3 is 0 Å².